The third kappa shape index (κ3) is 5.33. The van der Waals surface area contributed by atoms with Gasteiger partial charge in [0.05, 0.1) is 0 Å². The Morgan fingerprint density at radius 2 is 1.69 bits per heavy atom. The molecule has 0 spiro atoms. The van der Waals surface area contributed by atoms with E-state index in [2.05, 4.69) is 17.4 Å². The third-order valence-corrected chi connectivity index (χ3v) is 5.30. The second kappa shape index (κ2) is 10.6. The van der Waals surface area contributed by atoms with Crippen LogP contribution in [0.1, 0.15) is 36.8 Å². The number of allylic oxidation sites excluding steroid dienone is 1. The number of aliphatic carboxylic acids is 1. The van der Waals surface area contributed by atoms with Crippen molar-refractivity contribution in [3.05, 3.63) is 72.3 Å². The van der Waals surface area contributed by atoms with Gasteiger partial charge in [-0.15, -0.1) is 6.58 Å². The molecule has 168 valence electrons. The van der Waals surface area contributed by atoms with E-state index in [9.17, 15) is 14.4 Å². The summed E-state index contributed by atoms with van der Waals surface area (Å²) in [5.41, 5.74) is 6.47. The summed E-state index contributed by atoms with van der Waals surface area (Å²) < 4.78 is 5.47. The van der Waals surface area contributed by atoms with Gasteiger partial charge in [-0.05, 0) is 42.0 Å². The summed E-state index contributed by atoms with van der Waals surface area (Å²) in [6.45, 7) is 5.01. The first-order valence-corrected chi connectivity index (χ1v) is 10.3. The van der Waals surface area contributed by atoms with E-state index in [1.165, 1.54) is 6.92 Å². The normalized spacial score (nSPS) is 13.9. The van der Waals surface area contributed by atoms with Crippen LogP contribution in [0.2, 0.25) is 0 Å². The number of carbonyl (C=O) groups excluding carboxylic acids is 2. The van der Waals surface area contributed by atoms with Gasteiger partial charge in [-0.3, -0.25) is 9.63 Å². The number of amides is 2. The average molecular weight is 438 g/mol. The van der Waals surface area contributed by atoms with Gasteiger partial charge in [-0.2, -0.15) is 0 Å². The molecule has 0 bridgehead atoms. The van der Waals surface area contributed by atoms with Crippen LogP contribution in [0.15, 0.2) is 61.2 Å². The minimum atomic E-state index is -1.23. The highest BCUT2D eigenvalue weighted by Gasteiger charge is 2.30. The topological polar surface area (TPSA) is 114 Å². The van der Waals surface area contributed by atoms with Crippen LogP contribution in [0.5, 0.6) is 0 Å². The van der Waals surface area contributed by atoms with Crippen LogP contribution in [-0.4, -0.2) is 41.8 Å². The standard InChI is InChI=1S/C24H26N2O6/c1-3-4-13-21(22(27)26-32-15(2)23(28)29)25-24(30)31-14-20-18-11-7-5-9-16(18)17-10-6-8-12-19(17)20/h3,5-12,15,20-21H,1,4,13-14H2,2H3,(H,25,30)(H,26,27)(H,28,29). The number of rotatable bonds is 10. The molecule has 0 saturated heterocycles. The Hall–Kier alpha value is -3.65. The number of nitrogens with one attached hydrogen (secondary N) is 2. The van der Waals surface area contributed by atoms with Crippen molar-refractivity contribution in [2.24, 2.45) is 0 Å². The number of hydrogen-bond donors (Lipinski definition) is 3. The van der Waals surface area contributed by atoms with Crippen molar-refractivity contribution in [3.63, 3.8) is 0 Å². The predicted octanol–water partition coefficient (Wildman–Crippen LogP) is 3.38. The van der Waals surface area contributed by atoms with Gasteiger partial charge in [0, 0.05) is 5.92 Å². The molecule has 0 saturated carbocycles. The van der Waals surface area contributed by atoms with Crippen molar-refractivity contribution in [1.29, 1.82) is 0 Å². The molecule has 8 heteroatoms. The van der Waals surface area contributed by atoms with Crippen molar-refractivity contribution >= 4 is 18.0 Å². The van der Waals surface area contributed by atoms with E-state index in [1.807, 2.05) is 48.5 Å². The molecule has 3 rings (SSSR count). The number of hydroxylamine groups is 1. The Morgan fingerprint density at radius 3 is 2.25 bits per heavy atom. The highest BCUT2D eigenvalue weighted by molar-refractivity contribution is 5.85. The fourth-order valence-electron chi connectivity index (χ4n) is 3.60. The molecule has 2 aromatic carbocycles. The van der Waals surface area contributed by atoms with Gasteiger partial charge in [-0.25, -0.2) is 15.1 Å². The largest absolute Gasteiger partial charge is 0.479 e. The summed E-state index contributed by atoms with van der Waals surface area (Å²) in [5.74, 6) is -2.00. The zero-order valence-corrected chi connectivity index (χ0v) is 17.7. The Kier molecular flexibility index (Phi) is 7.62. The van der Waals surface area contributed by atoms with E-state index in [0.29, 0.717) is 6.42 Å². The third-order valence-electron chi connectivity index (χ3n) is 5.30. The van der Waals surface area contributed by atoms with Crippen molar-refractivity contribution in [1.82, 2.24) is 10.8 Å². The van der Waals surface area contributed by atoms with Gasteiger partial charge >= 0.3 is 12.1 Å². The number of fused-ring (bicyclic) bond motifs is 3. The number of carbonyl (C=O) groups is 3. The quantitative estimate of drug-likeness (QED) is 0.387. The van der Waals surface area contributed by atoms with Crippen LogP contribution < -0.4 is 10.8 Å². The van der Waals surface area contributed by atoms with E-state index < -0.39 is 30.1 Å². The first-order chi connectivity index (χ1) is 15.4. The first-order valence-electron chi connectivity index (χ1n) is 10.3. The SMILES string of the molecule is C=CCCC(NC(=O)OCC1c2ccccc2-c2ccccc21)C(=O)NOC(C)C(=O)O. The van der Waals surface area contributed by atoms with Crippen molar-refractivity contribution in [3.8, 4) is 11.1 Å². The average Bonchev–Trinajstić information content (AvgIpc) is 3.12. The summed E-state index contributed by atoms with van der Waals surface area (Å²) in [7, 11) is 0. The first kappa shape index (κ1) is 23.0. The van der Waals surface area contributed by atoms with Gasteiger partial charge in [0.2, 0.25) is 0 Å². The van der Waals surface area contributed by atoms with Crippen LogP contribution in [0.3, 0.4) is 0 Å². The Bertz CT molecular complexity index is 960. The van der Waals surface area contributed by atoms with Gasteiger partial charge in [0.15, 0.2) is 6.10 Å². The minimum absolute atomic E-state index is 0.103. The molecule has 2 unspecified atom stereocenters. The van der Waals surface area contributed by atoms with Crippen LogP contribution >= 0.6 is 0 Å². The van der Waals surface area contributed by atoms with E-state index in [0.717, 1.165) is 22.3 Å². The molecule has 1 aliphatic rings. The molecule has 2 atom stereocenters. The van der Waals surface area contributed by atoms with Gasteiger partial charge in [0.25, 0.3) is 5.91 Å². The molecule has 0 fully saturated rings. The van der Waals surface area contributed by atoms with E-state index in [1.54, 1.807) is 6.08 Å². The van der Waals surface area contributed by atoms with Crippen LogP contribution in [-0.2, 0) is 19.2 Å². The number of hydrogen-bond acceptors (Lipinski definition) is 5. The molecular formula is C24H26N2O6. The lowest BCUT2D eigenvalue weighted by Crippen LogP contribution is -2.48. The Labute approximate surface area is 186 Å². The smallest absolute Gasteiger partial charge is 0.407 e. The highest BCUT2D eigenvalue weighted by atomic mass is 16.7. The predicted molar refractivity (Wildman–Crippen MR) is 118 cm³/mol. The maximum atomic E-state index is 12.5. The van der Waals surface area contributed by atoms with E-state index in [-0.39, 0.29) is 18.9 Å². The fourth-order valence-corrected chi connectivity index (χ4v) is 3.60. The lowest BCUT2D eigenvalue weighted by molar-refractivity contribution is -0.159. The molecule has 0 radical (unpaired) electrons. The Balaban J connectivity index is 1.62. The van der Waals surface area contributed by atoms with Crippen molar-refractivity contribution < 1.29 is 29.1 Å². The van der Waals surface area contributed by atoms with Gasteiger partial charge in [-0.1, -0.05) is 54.6 Å². The number of carboxylic acid groups (broad SMARTS) is 1. The number of carboxylic acids is 1. The van der Waals surface area contributed by atoms with Crippen LogP contribution in [0.4, 0.5) is 4.79 Å². The highest BCUT2D eigenvalue weighted by Crippen LogP contribution is 2.44. The fraction of sp³-hybridized carbons (Fsp3) is 0.292. The lowest BCUT2D eigenvalue weighted by Gasteiger charge is -2.19. The minimum Gasteiger partial charge on any atom is -0.479 e. The summed E-state index contributed by atoms with van der Waals surface area (Å²) in [6, 6.07) is 15.0. The lowest BCUT2D eigenvalue weighted by atomic mass is 9.98. The van der Waals surface area contributed by atoms with E-state index >= 15 is 0 Å². The van der Waals surface area contributed by atoms with Crippen LogP contribution in [0, 0.1) is 0 Å². The summed E-state index contributed by atoms with van der Waals surface area (Å²) >= 11 is 0. The van der Waals surface area contributed by atoms with Crippen molar-refractivity contribution in [2.45, 2.75) is 37.8 Å². The second-order valence-corrected chi connectivity index (χ2v) is 7.45. The van der Waals surface area contributed by atoms with E-state index in [4.69, 9.17) is 14.7 Å². The van der Waals surface area contributed by atoms with Gasteiger partial charge < -0.3 is 15.2 Å². The van der Waals surface area contributed by atoms with Crippen LogP contribution in [0.25, 0.3) is 11.1 Å². The molecule has 0 aromatic heterocycles. The number of benzene rings is 2. The summed E-state index contributed by atoms with van der Waals surface area (Å²) in [4.78, 5) is 40.5. The molecule has 0 heterocycles. The summed E-state index contributed by atoms with van der Waals surface area (Å²) in [5, 5.41) is 11.4. The zero-order chi connectivity index (χ0) is 23.1. The molecule has 8 nitrogen and oxygen atoms in total. The summed E-state index contributed by atoms with van der Waals surface area (Å²) in [6.07, 6.45) is 0.344. The monoisotopic (exact) mass is 438 g/mol. The molecule has 3 N–H and O–H groups in total. The molecule has 2 aromatic rings. The molecule has 2 amide bonds. The number of alkyl carbamates (subject to hydrolysis) is 1. The zero-order valence-electron chi connectivity index (χ0n) is 17.7. The Morgan fingerprint density at radius 1 is 1.09 bits per heavy atom. The second-order valence-electron chi connectivity index (χ2n) is 7.45. The molecule has 32 heavy (non-hydrogen) atoms. The molecular weight excluding hydrogens is 412 g/mol. The van der Waals surface area contributed by atoms with Gasteiger partial charge in [0.1, 0.15) is 12.6 Å². The molecule has 0 aliphatic heterocycles. The maximum absolute atomic E-state index is 12.5. The molecule has 1 aliphatic carbocycles. The maximum Gasteiger partial charge on any atom is 0.407 e. The number of ether oxygens (including phenoxy) is 1. The van der Waals surface area contributed by atoms with Crippen molar-refractivity contribution in [2.75, 3.05) is 6.61 Å².